The van der Waals surface area contributed by atoms with E-state index in [1.54, 1.807) is 4.90 Å². The molecule has 1 rings (SSSR count). The van der Waals surface area contributed by atoms with Crippen molar-refractivity contribution in [2.24, 2.45) is 5.92 Å². The van der Waals surface area contributed by atoms with Crippen molar-refractivity contribution in [2.45, 2.75) is 78.6 Å². The third kappa shape index (κ3) is 8.02. The maximum absolute atomic E-state index is 12.0. The van der Waals surface area contributed by atoms with Gasteiger partial charge in [-0.05, 0) is 46.5 Å². The van der Waals surface area contributed by atoms with Gasteiger partial charge in [-0.15, -0.1) is 0 Å². The lowest BCUT2D eigenvalue weighted by molar-refractivity contribution is -0.0109. The first-order valence-corrected chi connectivity index (χ1v) is 9.05. The molecule has 2 unspecified atom stereocenters. The third-order valence-electron chi connectivity index (χ3n) is 4.51. The van der Waals surface area contributed by atoms with Crippen molar-refractivity contribution in [1.82, 2.24) is 10.2 Å². The molecule has 1 fully saturated rings. The number of hydrogen-bond acceptors (Lipinski definition) is 4. The molecule has 1 aliphatic rings. The summed E-state index contributed by atoms with van der Waals surface area (Å²) in [4.78, 5) is 13.8. The number of hydrogen-bond donors (Lipinski definition) is 1. The number of ether oxygens (including phenoxy) is 2. The number of piperidine rings is 1. The second-order valence-corrected chi connectivity index (χ2v) is 7.67. The van der Waals surface area contributed by atoms with Crippen LogP contribution in [0.3, 0.4) is 0 Å². The van der Waals surface area contributed by atoms with E-state index in [9.17, 15) is 4.79 Å². The smallest absolute Gasteiger partial charge is 0.410 e. The zero-order valence-corrected chi connectivity index (χ0v) is 15.9. The molecule has 23 heavy (non-hydrogen) atoms. The Labute approximate surface area is 142 Å². The Bertz CT molecular complexity index is 347. The molecule has 5 nitrogen and oxygen atoms in total. The zero-order valence-electron chi connectivity index (χ0n) is 15.9. The van der Waals surface area contributed by atoms with E-state index in [0.29, 0.717) is 12.0 Å². The van der Waals surface area contributed by atoms with Crippen LogP contribution in [-0.2, 0) is 9.47 Å². The van der Waals surface area contributed by atoms with Crippen LogP contribution in [0.4, 0.5) is 4.79 Å². The summed E-state index contributed by atoms with van der Waals surface area (Å²) in [6.07, 6.45) is 3.02. The van der Waals surface area contributed by atoms with Gasteiger partial charge in [-0.1, -0.05) is 20.3 Å². The maximum Gasteiger partial charge on any atom is 0.410 e. The molecule has 0 saturated carbocycles. The van der Waals surface area contributed by atoms with Gasteiger partial charge in [0.15, 0.2) is 0 Å². The highest BCUT2D eigenvalue weighted by Crippen LogP contribution is 2.17. The Hall–Kier alpha value is -0.810. The van der Waals surface area contributed by atoms with Crippen LogP contribution < -0.4 is 5.32 Å². The lowest BCUT2D eigenvalue weighted by atomic mass is 10.0. The summed E-state index contributed by atoms with van der Waals surface area (Å²) in [5, 5.41) is 3.52. The number of amides is 1. The van der Waals surface area contributed by atoms with Crippen molar-refractivity contribution in [3.63, 3.8) is 0 Å². The number of rotatable bonds is 7. The predicted molar refractivity (Wildman–Crippen MR) is 93.7 cm³/mol. The number of nitrogens with one attached hydrogen (secondary N) is 1. The second-order valence-electron chi connectivity index (χ2n) is 7.67. The first-order valence-electron chi connectivity index (χ1n) is 9.05. The molecule has 0 bridgehead atoms. The molecule has 1 amide bonds. The van der Waals surface area contributed by atoms with E-state index < -0.39 is 5.60 Å². The molecule has 0 aromatic carbocycles. The number of likely N-dealkylation sites (tertiary alicyclic amines) is 1. The fourth-order valence-corrected chi connectivity index (χ4v) is 2.60. The van der Waals surface area contributed by atoms with Crippen molar-refractivity contribution in [1.29, 1.82) is 0 Å². The van der Waals surface area contributed by atoms with Crippen molar-refractivity contribution in [3.05, 3.63) is 0 Å². The zero-order chi connectivity index (χ0) is 17.5. The van der Waals surface area contributed by atoms with Gasteiger partial charge in [0.25, 0.3) is 0 Å². The highest BCUT2D eigenvalue weighted by molar-refractivity contribution is 5.68. The van der Waals surface area contributed by atoms with Crippen molar-refractivity contribution < 1.29 is 14.3 Å². The summed E-state index contributed by atoms with van der Waals surface area (Å²) in [5.41, 5.74) is -0.428. The van der Waals surface area contributed by atoms with Gasteiger partial charge in [0, 0.05) is 25.7 Å². The van der Waals surface area contributed by atoms with E-state index in [4.69, 9.17) is 9.47 Å². The van der Waals surface area contributed by atoms with Crippen LogP contribution in [0.25, 0.3) is 0 Å². The minimum Gasteiger partial charge on any atom is -0.444 e. The SMILES string of the molecule is CCC(C)C(C)NCCOC1CCN(C(=O)OC(C)(C)C)CC1. The van der Waals surface area contributed by atoms with Crippen molar-refractivity contribution in [3.8, 4) is 0 Å². The first-order chi connectivity index (χ1) is 10.7. The van der Waals surface area contributed by atoms with Crippen LogP contribution in [0.5, 0.6) is 0 Å². The van der Waals surface area contributed by atoms with Crippen molar-refractivity contribution >= 4 is 6.09 Å². The lowest BCUT2D eigenvalue weighted by Gasteiger charge is -2.33. The van der Waals surface area contributed by atoms with Gasteiger partial charge in [0.2, 0.25) is 0 Å². The monoisotopic (exact) mass is 328 g/mol. The summed E-state index contributed by atoms with van der Waals surface area (Å²) in [6.45, 7) is 15.5. The van der Waals surface area contributed by atoms with E-state index in [-0.39, 0.29) is 12.2 Å². The average Bonchev–Trinajstić information content (AvgIpc) is 2.49. The van der Waals surface area contributed by atoms with Crippen LogP contribution in [0, 0.1) is 5.92 Å². The topological polar surface area (TPSA) is 50.8 Å². The van der Waals surface area contributed by atoms with Gasteiger partial charge in [0.05, 0.1) is 12.7 Å². The van der Waals surface area contributed by atoms with E-state index in [2.05, 4.69) is 26.1 Å². The molecule has 0 aliphatic carbocycles. The molecule has 0 radical (unpaired) electrons. The Kier molecular flexibility index (Phi) is 8.34. The van der Waals surface area contributed by atoms with E-state index in [1.807, 2.05) is 20.8 Å². The Balaban J connectivity index is 2.16. The Morgan fingerprint density at radius 1 is 1.26 bits per heavy atom. The highest BCUT2D eigenvalue weighted by Gasteiger charge is 2.27. The number of carbonyl (C=O) groups excluding carboxylic acids is 1. The quantitative estimate of drug-likeness (QED) is 0.728. The second kappa shape index (κ2) is 9.48. The van der Waals surface area contributed by atoms with E-state index >= 15 is 0 Å². The largest absolute Gasteiger partial charge is 0.444 e. The molecule has 1 saturated heterocycles. The predicted octanol–water partition coefficient (Wildman–Crippen LogP) is 3.43. The van der Waals surface area contributed by atoms with Gasteiger partial charge in [-0.25, -0.2) is 4.79 Å². The summed E-state index contributed by atoms with van der Waals surface area (Å²) < 4.78 is 11.3. The van der Waals surface area contributed by atoms with Crippen LogP contribution >= 0.6 is 0 Å². The molecule has 5 heteroatoms. The van der Waals surface area contributed by atoms with E-state index in [0.717, 1.165) is 39.1 Å². The normalized spacial score (nSPS) is 19.5. The summed E-state index contributed by atoms with van der Waals surface area (Å²) in [6, 6.07) is 0.526. The standard InChI is InChI=1S/C18H36N2O3/c1-7-14(2)15(3)19-10-13-22-16-8-11-20(12-9-16)17(21)23-18(4,5)6/h14-16,19H,7-13H2,1-6H3. The third-order valence-corrected chi connectivity index (χ3v) is 4.51. The average molecular weight is 328 g/mol. The maximum atomic E-state index is 12.0. The van der Waals surface area contributed by atoms with Crippen LogP contribution in [0.1, 0.15) is 60.8 Å². The minimum atomic E-state index is -0.428. The van der Waals surface area contributed by atoms with E-state index in [1.165, 1.54) is 6.42 Å². The van der Waals surface area contributed by atoms with Crippen LogP contribution in [0.2, 0.25) is 0 Å². The van der Waals surface area contributed by atoms with Crippen LogP contribution in [-0.4, -0.2) is 55.0 Å². The Morgan fingerprint density at radius 3 is 2.39 bits per heavy atom. The fourth-order valence-electron chi connectivity index (χ4n) is 2.60. The first kappa shape index (κ1) is 20.2. The van der Waals surface area contributed by atoms with Gasteiger partial charge in [-0.2, -0.15) is 0 Å². The lowest BCUT2D eigenvalue weighted by Crippen LogP contribution is -2.44. The van der Waals surface area contributed by atoms with Gasteiger partial charge >= 0.3 is 6.09 Å². The molecular weight excluding hydrogens is 292 g/mol. The van der Waals surface area contributed by atoms with Gasteiger partial charge in [-0.3, -0.25) is 0 Å². The molecule has 0 aromatic rings. The van der Waals surface area contributed by atoms with Gasteiger partial charge in [0.1, 0.15) is 5.60 Å². The fraction of sp³-hybridized carbons (Fsp3) is 0.944. The molecule has 1 N–H and O–H groups in total. The minimum absolute atomic E-state index is 0.208. The molecule has 136 valence electrons. The molecule has 0 spiro atoms. The van der Waals surface area contributed by atoms with Crippen molar-refractivity contribution in [2.75, 3.05) is 26.2 Å². The highest BCUT2D eigenvalue weighted by atomic mass is 16.6. The Morgan fingerprint density at radius 2 is 1.87 bits per heavy atom. The van der Waals surface area contributed by atoms with Gasteiger partial charge < -0.3 is 19.7 Å². The number of carbonyl (C=O) groups is 1. The molecular formula is C18H36N2O3. The summed E-state index contributed by atoms with van der Waals surface area (Å²) in [7, 11) is 0. The summed E-state index contributed by atoms with van der Waals surface area (Å²) >= 11 is 0. The van der Waals surface area contributed by atoms with Crippen LogP contribution in [0.15, 0.2) is 0 Å². The summed E-state index contributed by atoms with van der Waals surface area (Å²) in [5.74, 6) is 0.687. The molecule has 2 atom stereocenters. The molecule has 1 aliphatic heterocycles. The molecule has 0 aromatic heterocycles. The number of nitrogens with zero attached hydrogens (tertiary/aromatic N) is 1. The molecule has 1 heterocycles.